The molecule has 0 bridgehead atoms. The monoisotopic (exact) mass is 374 g/mol. The van der Waals surface area contributed by atoms with Gasteiger partial charge in [0.2, 0.25) is 0 Å². The molecular weight excluding hydrogens is 356 g/mol. The molecule has 0 aliphatic heterocycles. The average Bonchev–Trinajstić information content (AvgIpc) is 3.16. The maximum Gasteiger partial charge on any atom is 0.276 e. The molecule has 1 aromatic carbocycles. The molecule has 6 nitrogen and oxygen atoms in total. The molecule has 0 spiro atoms. The van der Waals surface area contributed by atoms with Crippen molar-refractivity contribution >= 4 is 27.6 Å². The van der Waals surface area contributed by atoms with Crippen molar-refractivity contribution in [2.75, 3.05) is 0 Å². The van der Waals surface area contributed by atoms with Gasteiger partial charge in [0.15, 0.2) is 5.13 Å². The normalized spacial score (nSPS) is 12.0. The van der Waals surface area contributed by atoms with Crippen molar-refractivity contribution in [2.24, 2.45) is 5.10 Å². The predicted octanol–water partition coefficient (Wildman–Crippen LogP) is 3.17. The third kappa shape index (κ3) is 3.64. The second-order valence-corrected chi connectivity index (χ2v) is 8.18. The molecule has 2 aromatic heterocycles. The zero-order valence-electron chi connectivity index (χ0n) is 14.1. The predicted molar refractivity (Wildman–Crippen MR) is 100 cm³/mol. The summed E-state index contributed by atoms with van der Waals surface area (Å²) in [6, 6.07) is 8.56. The van der Waals surface area contributed by atoms with Crippen LogP contribution >= 0.6 is 11.3 Å². The summed E-state index contributed by atoms with van der Waals surface area (Å²) in [6.45, 7) is 5.83. The van der Waals surface area contributed by atoms with Crippen molar-refractivity contribution in [1.82, 2.24) is 14.4 Å². The summed E-state index contributed by atoms with van der Waals surface area (Å²) in [4.78, 5) is 6.75. The molecule has 3 aromatic rings. The standard InChI is InChI=1S/C17H18N4O2S2/c1-12-4-6-16(7-5-12)25(22,23)20-19-11-15-10-13(2)21(14(15)3)17-18-8-9-24-17/h4-11,20H,1-3H3/b19-11-. The van der Waals surface area contributed by atoms with Gasteiger partial charge >= 0.3 is 0 Å². The molecule has 0 aliphatic rings. The van der Waals surface area contributed by atoms with E-state index in [0.29, 0.717) is 0 Å². The lowest BCUT2D eigenvalue weighted by molar-refractivity contribution is 0.584. The van der Waals surface area contributed by atoms with Gasteiger partial charge in [-0.1, -0.05) is 17.7 Å². The van der Waals surface area contributed by atoms with Crippen LogP contribution in [0.3, 0.4) is 0 Å². The van der Waals surface area contributed by atoms with Crippen molar-refractivity contribution in [3.05, 3.63) is 64.4 Å². The Bertz CT molecular complexity index is 1000. The van der Waals surface area contributed by atoms with Crippen LogP contribution in [-0.4, -0.2) is 24.2 Å². The number of hydrogen-bond donors (Lipinski definition) is 1. The number of aromatic nitrogens is 2. The van der Waals surface area contributed by atoms with Crippen molar-refractivity contribution < 1.29 is 8.42 Å². The number of benzene rings is 1. The number of hydrazone groups is 1. The third-order valence-corrected chi connectivity index (χ3v) is 5.78. The van der Waals surface area contributed by atoms with Gasteiger partial charge in [0.25, 0.3) is 10.0 Å². The number of sulfonamides is 1. The van der Waals surface area contributed by atoms with Crippen LogP contribution in [-0.2, 0) is 10.0 Å². The van der Waals surface area contributed by atoms with Crippen molar-refractivity contribution in [3.63, 3.8) is 0 Å². The molecule has 0 fully saturated rings. The first kappa shape index (κ1) is 17.4. The van der Waals surface area contributed by atoms with Crippen LogP contribution < -0.4 is 4.83 Å². The summed E-state index contributed by atoms with van der Waals surface area (Å²) < 4.78 is 26.5. The van der Waals surface area contributed by atoms with Gasteiger partial charge in [0.05, 0.1) is 11.1 Å². The Morgan fingerprint density at radius 2 is 1.92 bits per heavy atom. The molecule has 8 heteroatoms. The molecule has 3 rings (SSSR count). The highest BCUT2D eigenvalue weighted by molar-refractivity contribution is 7.89. The minimum Gasteiger partial charge on any atom is -0.294 e. The smallest absolute Gasteiger partial charge is 0.276 e. The van der Waals surface area contributed by atoms with Crippen LogP contribution in [0.4, 0.5) is 0 Å². The first-order valence-corrected chi connectivity index (χ1v) is 9.95. The fourth-order valence-corrected chi connectivity index (χ4v) is 4.02. The van der Waals surface area contributed by atoms with E-state index in [4.69, 9.17) is 0 Å². The van der Waals surface area contributed by atoms with Gasteiger partial charge in [-0.05, 0) is 39.0 Å². The number of nitrogens with one attached hydrogen (secondary N) is 1. The number of rotatable bonds is 5. The molecule has 2 heterocycles. The van der Waals surface area contributed by atoms with E-state index in [0.717, 1.165) is 27.6 Å². The zero-order valence-corrected chi connectivity index (χ0v) is 15.7. The van der Waals surface area contributed by atoms with E-state index in [1.165, 1.54) is 6.21 Å². The van der Waals surface area contributed by atoms with Crippen molar-refractivity contribution in [1.29, 1.82) is 0 Å². The number of hydrogen-bond acceptors (Lipinski definition) is 5. The fraction of sp³-hybridized carbons (Fsp3) is 0.176. The Hall–Kier alpha value is -2.45. The van der Waals surface area contributed by atoms with Crippen molar-refractivity contribution in [2.45, 2.75) is 25.7 Å². The summed E-state index contributed by atoms with van der Waals surface area (Å²) in [7, 11) is -3.67. The lowest BCUT2D eigenvalue weighted by Crippen LogP contribution is -2.18. The third-order valence-electron chi connectivity index (χ3n) is 3.79. The Balaban J connectivity index is 1.81. The van der Waals surface area contributed by atoms with Gasteiger partial charge in [-0.25, -0.2) is 9.82 Å². The fourth-order valence-electron chi connectivity index (χ4n) is 2.47. The van der Waals surface area contributed by atoms with Gasteiger partial charge in [-0.2, -0.15) is 13.5 Å². The molecule has 25 heavy (non-hydrogen) atoms. The summed E-state index contributed by atoms with van der Waals surface area (Å²) in [5.41, 5.74) is 3.79. The highest BCUT2D eigenvalue weighted by Crippen LogP contribution is 2.21. The SMILES string of the molecule is Cc1ccc(S(=O)(=O)N/N=C\c2cc(C)n(-c3nccs3)c2C)cc1. The summed E-state index contributed by atoms with van der Waals surface area (Å²) >= 11 is 1.54. The molecule has 0 unspecified atom stereocenters. The molecule has 0 aliphatic carbocycles. The van der Waals surface area contributed by atoms with E-state index in [9.17, 15) is 8.42 Å². The van der Waals surface area contributed by atoms with Crippen LogP contribution in [0.15, 0.2) is 51.9 Å². The van der Waals surface area contributed by atoms with Crippen LogP contribution in [0, 0.1) is 20.8 Å². The lowest BCUT2D eigenvalue weighted by Gasteiger charge is -2.05. The Kier molecular flexibility index (Phi) is 4.73. The quantitative estimate of drug-likeness (QED) is 0.550. The minimum atomic E-state index is -3.67. The lowest BCUT2D eigenvalue weighted by atomic mass is 10.2. The highest BCUT2D eigenvalue weighted by atomic mass is 32.2. The number of nitrogens with zero attached hydrogens (tertiary/aromatic N) is 3. The first-order valence-electron chi connectivity index (χ1n) is 7.59. The van der Waals surface area contributed by atoms with Crippen molar-refractivity contribution in [3.8, 4) is 5.13 Å². The second kappa shape index (κ2) is 6.81. The molecular formula is C17H18N4O2S2. The summed E-state index contributed by atoms with van der Waals surface area (Å²) in [5, 5.41) is 6.70. The van der Waals surface area contributed by atoms with Crippen LogP contribution in [0.1, 0.15) is 22.5 Å². The maximum absolute atomic E-state index is 12.2. The minimum absolute atomic E-state index is 0.184. The summed E-state index contributed by atoms with van der Waals surface area (Å²) in [6.07, 6.45) is 3.26. The molecule has 1 N–H and O–H groups in total. The Labute approximate surface area is 150 Å². The van der Waals surface area contributed by atoms with Gasteiger partial charge in [0, 0.05) is 28.5 Å². The number of thiazole rings is 1. The van der Waals surface area contributed by atoms with E-state index in [2.05, 4.69) is 14.9 Å². The van der Waals surface area contributed by atoms with Crippen LogP contribution in [0.2, 0.25) is 0 Å². The molecule has 0 saturated heterocycles. The average molecular weight is 374 g/mol. The van der Waals surface area contributed by atoms with E-state index in [1.807, 2.05) is 36.8 Å². The van der Waals surface area contributed by atoms with E-state index >= 15 is 0 Å². The highest BCUT2D eigenvalue weighted by Gasteiger charge is 2.13. The van der Waals surface area contributed by atoms with E-state index < -0.39 is 10.0 Å². The van der Waals surface area contributed by atoms with E-state index in [1.54, 1.807) is 41.8 Å². The molecule has 0 atom stereocenters. The molecule has 0 saturated carbocycles. The van der Waals surface area contributed by atoms with Crippen LogP contribution in [0.25, 0.3) is 5.13 Å². The topological polar surface area (TPSA) is 76.3 Å². The Morgan fingerprint density at radius 3 is 2.56 bits per heavy atom. The largest absolute Gasteiger partial charge is 0.294 e. The first-order chi connectivity index (χ1) is 11.9. The van der Waals surface area contributed by atoms with Gasteiger partial charge in [-0.3, -0.25) is 4.57 Å². The number of aryl methyl sites for hydroxylation is 2. The maximum atomic E-state index is 12.2. The zero-order chi connectivity index (χ0) is 18.0. The van der Waals surface area contributed by atoms with Crippen LogP contribution in [0.5, 0.6) is 0 Å². The van der Waals surface area contributed by atoms with Gasteiger partial charge < -0.3 is 0 Å². The molecule has 130 valence electrons. The van der Waals surface area contributed by atoms with E-state index in [-0.39, 0.29) is 4.90 Å². The van der Waals surface area contributed by atoms with Gasteiger partial charge in [-0.15, -0.1) is 11.3 Å². The molecule has 0 amide bonds. The molecule has 0 radical (unpaired) electrons. The summed E-state index contributed by atoms with van der Waals surface area (Å²) in [5.74, 6) is 0. The second-order valence-electron chi connectivity index (χ2n) is 5.64. The Morgan fingerprint density at radius 1 is 1.20 bits per heavy atom. The van der Waals surface area contributed by atoms with Gasteiger partial charge in [0.1, 0.15) is 0 Å².